The van der Waals surface area contributed by atoms with Gasteiger partial charge in [0, 0.05) is 0 Å². The number of rotatable bonds is 2. The lowest BCUT2D eigenvalue weighted by molar-refractivity contribution is 0.136. The third-order valence-corrected chi connectivity index (χ3v) is 2.96. The van der Waals surface area contributed by atoms with Crippen molar-refractivity contribution in [2.24, 2.45) is 10.6 Å². The predicted molar refractivity (Wildman–Crippen MR) is 62.4 cm³/mol. The van der Waals surface area contributed by atoms with Gasteiger partial charge < -0.3 is 0 Å². The third-order valence-electron chi connectivity index (χ3n) is 2.96. The molecule has 2 rings (SSSR count). The molecule has 6 nitrogen and oxygen atoms in total. The maximum Gasteiger partial charge on any atom is 0.0586 e. The lowest BCUT2D eigenvalue weighted by Gasteiger charge is -2.26. The second-order valence-corrected chi connectivity index (χ2v) is 4.19. The SMILES string of the molecule is C1CCCCC1.O=NN1CCN(N=O)CC1. The highest BCUT2D eigenvalue weighted by atomic mass is 16.3. The summed E-state index contributed by atoms with van der Waals surface area (Å²) in [4.78, 5) is 19.8. The molecule has 0 bridgehead atoms. The molecule has 2 fully saturated rings. The minimum atomic E-state index is 0.495. The monoisotopic (exact) mass is 228 g/mol. The molecule has 16 heavy (non-hydrogen) atoms. The number of hydrogen-bond acceptors (Lipinski definition) is 4. The van der Waals surface area contributed by atoms with Crippen LogP contribution in [0.3, 0.4) is 0 Å². The van der Waals surface area contributed by atoms with E-state index in [0.29, 0.717) is 26.2 Å². The first kappa shape index (κ1) is 12.9. The van der Waals surface area contributed by atoms with Crippen molar-refractivity contribution < 1.29 is 0 Å². The van der Waals surface area contributed by atoms with Gasteiger partial charge in [0.25, 0.3) is 0 Å². The molecule has 0 unspecified atom stereocenters. The molecule has 0 aromatic carbocycles. The van der Waals surface area contributed by atoms with Crippen LogP contribution >= 0.6 is 0 Å². The summed E-state index contributed by atoms with van der Waals surface area (Å²) < 4.78 is 0. The molecule has 1 saturated heterocycles. The lowest BCUT2D eigenvalue weighted by atomic mass is 10.0. The zero-order chi connectivity index (χ0) is 11.6. The highest BCUT2D eigenvalue weighted by Gasteiger charge is 2.14. The van der Waals surface area contributed by atoms with Gasteiger partial charge in [-0.15, -0.1) is 9.81 Å². The van der Waals surface area contributed by atoms with Crippen LogP contribution in [0.25, 0.3) is 0 Å². The predicted octanol–water partition coefficient (Wildman–Crippen LogP) is 2.31. The van der Waals surface area contributed by atoms with Crippen molar-refractivity contribution in [3.05, 3.63) is 9.81 Å². The minimum Gasteiger partial charge on any atom is -0.257 e. The van der Waals surface area contributed by atoms with E-state index in [1.807, 2.05) is 0 Å². The molecule has 2 aliphatic rings. The van der Waals surface area contributed by atoms with Crippen molar-refractivity contribution >= 4 is 0 Å². The minimum absolute atomic E-state index is 0.495. The number of nitroso groups, excluding NO2 is 2. The molecule has 0 amide bonds. The fourth-order valence-electron chi connectivity index (χ4n) is 1.91. The molecule has 1 saturated carbocycles. The molecule has 1 heterocycles. The Morgan fingerprint density at radius 1 is 0.562 bits per heavy atom. The van der Waals surface area contributed by atoms with E-state index in [9.17, 15) is 9.81 Å². The molecule has 6 heteroatoms. The summed E-state index contributed by atoms with van der Waals surface area (Å²) in [6.45, 7) is 1.98. The van der Waals surface area contributed by atoms with Gasteiger partial charge in [-0.25, -0.2) is 0 Å². The second-order valence-electron chi connectivity index (χ2n) is 4.19. The normalized spacial score (nSPS) is 20.8. The Labute approximate surface area is 95.9 Å². The molecule has 0 N–H and O–H groups in total. The zero-order valence-corrected chi connectivity index (χ0v) is 9.68. The summed E-state index contributed by atoms with van der Waals surface area (Å²) in [5.74, 6) is 0. The van der Waals surface area contributed by atoms with Crippen LogP contribution in [0, 0.1) is 9.81 Å². The van der Waals surface area contributed by atoms with E-state index < -0.39 is 0 Å². The van der Waals surface area contributed by atoms with Crippen molar-refractivity contribution in [1.82, 2.24) is 10.0 Å². The van der Waals surface area contributed by atoms with E-state index in [4.69, 9.17) is 0 Å². The Morgan fingerprint density at radius 2 is 0.812 bits per heavy atom. The van der Waals surface area contributed by atoms with Crippen molar-refractivity contribution in [2.75, 3.05) is 26.2 Å². The third kappa shape index (κ3) is 5.04. The zero-order valence-electron chi connectivity index (χ0n) is 9.68. The summed E-state index contributed by atoms with van der Waals surface area (Å²) in [5, 5.41) is 8.21. The fourth-order valence-corrected chi connectivity index (χ4v) is 1.91. The fraction of sp³-hybridized carbons (Fsp3) is 1.00. The Kier molecular flexibility index (Phi) is 6.44. The summed E-state index contributed by atoms with van der Waals surface area (Å²) in [5.41, 5.74) is 0. The Morgan fingerprint density at radius 3 is 1.00 bits per heavy atom. The lowest BCUT2D eigenvalue weighted by Crippen LogP contribution is -2.40. The number of piperazine rings is 1. The van der Waals surface area contributed by atoms with E-state index >= 15 is 0 Å². The van der Waals surface area contributed by atoms with Gasteiger partial charge >= 0.3 is 0 Å². The molecular formula is C10H20N4O2. The highest BCUT2D eigenvalue weighted by molar-refractivity contribution is 4.65. The van der Waals surface area contributed by atoms with Crippen LogP contribution in [-0.4, -0.2) is 36.2 Å². The van der Waals surface area contributed by atoms with E-state index in [1.165, 1.54) is 48.5 Å². The van der Waals surface area contributed by atoms with Crippen LogP contribution in [0.2, 0.25) is 0 Å². The van der Waals surface area contributed by atoms with E-state index in [1.54, 1.807) is 0 Å². The number of nitrogens with zero attached hydrogens (tertiary/aromatic N) is 4. The molecule has 0 spiro atoms. The first-order valence-corrected chi connectivity index (χ1v) is 6.03. The van der Waals surface area contributed by atoms with Crippen LogP contribution in [-0.2, 0) is 0 Å². The van der Waals surface area contributed by atoms with Gasteiger partial charge in [0.1, 0.15) is 0 Å². The molecule has 1 aliphatic heterocycles. The highest BCUT2D eigenvalue weighted by Crippen LogP contribution is 2.15. The molecule has 1 aliphatic carbocycles. The van der Waals surface area contributed by atoms with E-state index in [2.05, 4.69) is 10.6 Å². The smallest absolute Gasteiger partial charge is 0.0586 e. The van der Waals surface area contributed by atoms with E-state index in [0.717, 1.165) is 0 Å². The van der Waals surface area contributed by atoms with Gasteiger partial charge in [0.05, 0.1) is 36.8 Å². The van der Waals surface area contributed by atoms with Crippen LogP contribution in [0.1, 0.15) is 38.5 Å². The second kappa shape index (κ2) is 8.01. The van der Waals surface area contributed by atoms with Gasteiger partial charge in [-0.2, -0.15) is 0 Å². The van der Waals surface area contributed by atoms with E-state index in [-0.39, 0.29) is 0 Å². The summed E-state index contributed by atoms with van der Waals surface area (Å²) >= 11 is 0. The molecule has 0 aromatic heterocycles. The van der Waals surface area contributed by atoms with Gasteiger partial charge in [-0.05, 0) is 0 Å². The molecular weight excluding hydrogens is 208 g/mol. The molecule has 0 radical (unpaired) electrons. The Balaban J connectivity index is 0.000000181. The topological polar surface area (TPSA) is 65.3 Å². The van der Waals surface area contributed by atoms with Crippen molar-refractivity contribution in [3.63, 3.8) is 0 Å². The Bertz CT molecular complexity index is 173. The number of hydrogen-bond donors (Lipinski definition) is 0. The molecule has 0 aromatic rings. The summed E-state index contributed by atoms with van der Waals surface area (Å²) in [6.07, 6.45) is 9.00. The van der Waals surface area contributed by atoms with Crippen molar-refractivity contribution in [3.8, 4) is 0 Å². The summed E-state index contributed by atoms with van der Waals surface area (Å²) in [6, 6.07) is 0. The summed E-state index contributed by atoms with van der Waals surface area (Å²) in [7, 11) is 0. The first-order chi connectivity index (χ1) is 7.86. The van der Waals surface area contributed by atoms with Crippen molar-refractivity contribution in [1.29, 1.82) is 0 Å². The van der Waals surface area contributed by atoms with Gasteiger partial charge in [-0.1, -0.05) is 38.5 Å². The van der Waals surface area contributed by atoms with Gasteiger partial charge in [-0.3, -0.25) is 10.0 Å². The maximum atomic E-state index is 9.90. The standard InChI is InChI=1S/C6H12.C4H8N4O2/c1-2-4-6-5-3-1;9-5-7-1-2-8(6-10)4-3-7/h1-6H2;1-4H2. The maximum absolute atomic E-state index is 9.90. The average molecular weight is 228 g/mol. The van der Waals surface area contributed by atoms with Crippen LogP contribution in [0.5, 0.6) is 0 Å². The van der Waals surface area contributed by atoms with Crippen LogP contribution in [0.15, 0.2) is 10.6 Å². The first-order valence-electron chi connectivity index (χ1n) is 6.03. The van der Waals surface area contributed by atoms with Crippen LogP contribution < -0.4 is 0 Å². The molecule has 92 valence electrons. The molecule has 0 atom stereocenters. The van der Waals surface area contributed by atoms with Gasteiger partial charge in [0.2, 0.25) is 0 Å². The Hall–Kier alpha value is -1.20. The van der Waals surface area contributed by atoms with Crippen LogP contribution in [0.4, 0.5) is 0 Å². The van der Waals surface area contributed by atoms with Crippen molar-refractivity contribution in [2.45, 2.75) is 38.5 Å². The average Bonchev–Trinajstić information content (AvgIpc) is 2.41. The largest absolute Gasteiger partial charge is 0.257 e. The van der Waals surface area contributed by atoms with Gasteiger partial charge in [0.15, 0.2) is 0 Å². The quantitative estimate of drug-likeness (QED) is 0.680.